The largest absolute Gasteiger partial charge is 0.348 e. The number of nitrogens with one attached hydrogen (secondary N) is 1. The van der Waals surface area contributed by atoms with Gasteiger partial charge in [-0.25, -0.2) is 15.0 Å². The Balaban J connectivity index is 1.60. The van der Waals surface area contributed by atoms with Crippen molar-refractivity contribution in [2.24, 2.45) is 0 Å². The first kappa shape index (κ1) is 18.9. The Morgan fingerprint density at radius 2 is 1.85 bits per heavy atom. The van der Waals surface area contributed by atoms with E-state index < -0.39 is 0 Å². The number of carbonyl (C=O) groups is 2. The number of nitrogens with zero attached hydrogens (tertiary/aromatic N) is 5. The third-order valence-electron chi connectivity index (χ3n) is 4.69. The summed E-state index contributed by atoms with van der Waals surface area (Å²) in [6.07, 6.45) is 6.99. The van der Waals surface area contributed by atoms with Crippen molar-refractivity contribution in [3.63, 3.8) is 0 Å². The highest BCUT2D eigenvalue weighted by molar-refractivity contribution is 5.95. The Kier molecular flexibility index (Phi) is 5.73. The summed E-state index contributed by atoms with van der Waals surface area (Å²) in [6.45, 7) is 6.69. The molecule has 0 saturated carbocycles. The van der Waals surface area contributed by atoms with Crippen LogP contribution in [-0.2, 0) is 0 Å². The van der Waals surface area contributed by atoms with E-state index in [1.54, 1.807) is 19.3 Å². The fraction of sp³-hybridized carbons (Fsp3) is 0.474. The van der Waals surface area contributed by atoms with E-state index in [2.05, 4.69) is 25.3 Å². The van der Waals surface area contributed by atoms with Gasteiger partial charge < -0.3 is 10.2 Å². The van der Waals surface area contributed by atoms with Crippen molar-refractivity contribution in [2.45, 2.75) is 46.1 Å². The first-order chi connectivity index (χ1) is 12.9. The summed E-state index contributed by atoms with van der Waals surface area (Å²) in [6, 6.07) is 0.00812. The molecule has 142 valence electrons. The molecule has 8 heteroatoms. The van der Waals surface area contributed by atoms with Crippen molar-refractivity contribution in [3.05, 3.63) is 47.1 Å². The first-order valence-electron chi connectivity index (χ1n) is 9.13. The number of hydrogen-bond donors (Lipinski definition) is 1. The molecule has 1 atom stereocenters. The van der Waals surface area contributed by atoms with E-state index in [4.69, 9.17) is 0 Å². The molecule has 1 N–H and O–H groups in total. The smallest absolute Gasteiger partial charge is 0.271 e. The van der Waals surface area contributed by atoms with Crippen LogP contribution in [0.25, 0.3) is 0 Å². The van der Waals surface area contributed by atoms with Crippen molar-refractivity contribution in [1.82, 2.24) is 30.2 Å². The fourth-order valence-electron chi connectivity index (χ4n) is 3.18. The summed E-state index contributed by atoms with van der Waals surface area (Å²) in [4.78, 5) is 43.6. The zero-order valence-electron chi connectivity index (χ0n) is 15.9. The fourth-order valence-corrected chi connectivity index (χ4v) is 3.18. The lowest BCUT2D eigenvalue weighted by Gasteiger charge is -2.21. The lowest BCUT2D eigenvalue weighted by atomic mass is 10.1. The molecule has 3 heterocycles. The maximum Gasteiger partial charge on any atom is 0.271 e. The van der Waals surface area contributed by atoms with Crippen LogP contribution in [0.2, 0.25) is 0 Å². The van der Waals surface area contributed by atoms with Crippen molar-refractivity contribution in [2.75, 3.05) is 13.1 Å². The van der Waals surface area contributed by atoms with Crippen molar-refractivity contribution in [1.29, 1.82) is 0 Å². The Labute approximate surface area is 158 Å². The SMILES string of the molecule is Cc1cnc(C(=O)NC2CCCN(C(=O)c3cnc(C)nc3C)CC2)cn1. The van der Waals surface area contributed by atoms with Gasteiger partial charge in [-0.05, 0) is 40.0 Å². The van der Waals surface area contributed by atoms with Crippen LogP contribution in [0.15, 0.2) is 18.6 Å². The van der Waals surface area contributed by atoms with Gasteiger partial charge >= 0.3 is 0 Å². The molecule has 2 aromatic heterocycles. The van der Waals surface area contributed by atoms with Gasteiger partial charge in [0.2, 0.25) is 0 Å². The van der Waals surface area contributed by atoms with Gasteiger partial charge in [0.15, 0.2) is 0 Å². The molecule has 1 saturated heterocycles. The molecule has 1 fully saturated rings. The second kappa shape index (κ2) is 8.20. The summed E-state index contributed by atoms with van der Waals surface area (Å²) in [5.41, 5.74) is 2.31. The predicted octanol–water partition coefficient (Wildman–Crippen LogP) is 1.62. The second-order valence-corrected chi connectivity index (χ2v) is 6.85. The second-order valence-electron chi connectivity index (χ2n) is 6.85. The molecular formula is C19H24N6O2. The molecule has 1 aliphatic rings. The van der Waals surface area contributed by atoms with Crippen molar-refractivity contribution >= 4 is 11.8 Å². The maximum absolute atomic E-state index is 12.8. The van der Waals surface area contributed by atoms with E-state index in [0.717, 1.165) is 18.5 Å². The average molecular weight is 368 g/mol. The number of aromatic nitrogens is 4. The Bertz CT molecular complexity index is 837. The molecular weight excluding hydrogens is 344 g/mol. The first-order valence-corrected chi connectivity index (χ1v) is 9.13. The normalized spacial score (nSPS) is 17.3. The number of aryl methyl sites for hydroxylation is 3. The molecule has 0 bridgehead atoms. The lowest BCUT2D eigenvalue weighted by molar-refractivity contribution is 0.0759. The van der Waals surface area contributed by atoms with Crippen LogP contribution >= 0.6 is 0 Å². The van der Waals surface area contributed by atoms with Crippen LogP contribution < -0.4 is 5.32 Å². The van der Waals surface area contributed by atoms with Gasteiger partial charge in [0.1, 0.15) is 11.5 Å². The standard InChI is InChI=1S/C19H24N6O2/c1-12-9-22-17(11-20-12)18(26)24-15-5-4-7-25(8-6-15)19(27)16-10-21-14(3)23-13(16)2/h9-11,15H,4-8H2,1-3H3,(H,24,26). The zero-order chi connectivity index (χ0) is 19.4. The van der Waals surface area contributed by atoms with Crippen molar-refractivity contribution in [3.8, 4) is 0 Å². The van der Waals surface area contributed by atoms with Gasteiger partial charge in [-0.1, -0.05) is 0 Å². The van der Waals surface area contributed by atoms with E-state index in [0.29, 0.717) is 42.3 Å². The van der Waals surface area contributed by atoms with Crippen LogP contribution in [0.5, 0.6) is 0 Å². The Morgan fingerprint density at radius 3 is 2.56 bits per heavy atom. The molecule has 0 radical (unpaired) electrons. The highest BCUT2D eigenvalue weighted by Gasteiger charge is 2.24. The summed E-state index contributed by atoms with van der Waals surface area (Å²) < 4.78 is 0. The van der Waals surface area contributed by atoms with Crippen LogP contribution in [0.4, 0.5) is 0 Å². The Hall–Kier alpha value is -2.90. The van der Waals surface area contributed by atoms with E-state index in [9.17, 15) is 9.59 Å². The van der Waals surface area contributed by atoms with Gasteiger partial charge in [0.25, 0.3) is 11.8 Å². The van der Waals surface area contributed by atoms with E-state index in [-0.39, 0.29) is 17.9 Å². The minimum absolute atomic E-state index is 0.00812. The van der Waals surface area contributed by atoms with E-state index in [1.165, 1.54) is 6.20 Å². The predicted molar refractivity (Wildman–Crippen MR) is 99.3 cm³/mol. The minimum atomic E-state index is -0.227. The van der Waals surface area contributed by atoms with Crippen LogP contribution in [-0.4, -0.2) is 55.8 Å². The van der Waals surface area contributed by atoms with Crippen LogP contribution in [0, 0.1) is 20.8 Å². The molecule has 0 spiro atoms. The summed E-state index contributed by atoms with van der Waals surface area (Å²) >= 11 is 0. The number of amides is 2. The van der Waals surface area contributed by atoms with E-state index in [1.807, 2.05) is 18.7 Å². The molecule has 1 aliphatic heterocycles. The number of carbonyl (C=O) groups excluding carboxylic acids is 2. The quantitative estimate of drug-likeness (QED) is 0.883. The topological polar surface area (TPSA) is 101 Å². The molecule has 2 aromatic rings. The number of likely N-dealkylation sites (tertiary alicyclic amines) is 1. The summed E-state index contributed by atoms with van der Waals surface area (Å²) in [5.74, 6) is 0.376. The number of hydrogen-bond acceptors (Lipinski definition) is 6. The minimum Gasteiger partial charge on any atom is -0.348 e. The van der Waals surface area contributed by atoms with Gasteiger partial charge in [-0.2, -0.15) is 0 Å². The molecule has 2 amide bonds. The van der Waals surface area contributed by atoms with Gasteiger partial charge in [-0.3, -0.25) is 14.6 Å². The van der Waals surface area contributed by atoms with Crippen LogP contribution in [0.3, 0.4) is 0 Å². The molecule has 27 heavy (non-hydrogen) atoms. The van der Waals surface area contributed by atoms with Crippen molar-refractivity contribution < 1.29 is 9.59 Å². The third kappa shape index (κ3) is 4.64. The van der Waals surface area contributed by atoms with Crippen LogP contribution in [0.1, 0.15) is 57.3 Å². The van der Waals surface area contributed by atoms with Gasteiger partial charge in [0.05, 0.1) is 23.1 Å². The molecule has 1 unspecified atom stereocenters. The monoisotopic (exact) mass is 368 g/mol. The lowest BCUT2D eigenvalue weighted by Crippen LogP contribution is -2.37. The molecule has 3 rings (SSSR count). The highest BCUT2D eigenvalue weighted by atomic mass is 16.2. The number of rotatable bonds is 3. The molecule has 0 aliphatic carbocycles. The Morgan fingerprint density at radius 1 is 1.04 bits per heavy atom. The third-order valence-corrected chi connectivity index (χ3v) is 4.69. The van der Waals surface area contributed by atoms with Gasteiger partial charge in [-0.15, -0.1) is 0 Å². The average Bonchev–Trinajstić information content (AvgIpc) is 2.87. The molecule has 8 nitrogen and oxygen atoms in total. The van der Waals surface area contributed by atoms with Gasteiger partial charge in [0, 0.05) is 31.5 Å². The maximum atomic E-state index is 12.8. The summed E-state index contributed by atoms with van der Waals surface area (Å²) in [5, 5.41) is 3.01. The van der Waals surface area contributed by atoms with E-state index >= 15 is 0 Å². The zero-order valence-corrected chi connectivity index (χ0v) is 15.9. The highest BCUT2D eigenvalue weighted by Crippen LogP contribution is 2.16. The summed E-state index contributed by atoms with van der Waals surface area (Å²) in [7, 11) is 0. The molecule has 0 aromatic carbocycles.